The van der Waals surface area contributed by atoms with E-state index in [1.807, 2.05) is 0 Å². The zero-order valence-electron chi connectivity index (χ0n) is 16.7. The first-order chi connectivity index (χ1) is 15.2. The van der Waals surface area contributed by atoms with E-state index in [9.17, 15) is 32.9 Å². The molecule has 2 aliphatic heterocycles. The minimum atomic E-state index is -3.68. The highest BCUT2D eigenvalue weighted by Crippen LogP contribution is 2.27. The van der Waals surface area contributed by atoms with Crippen LogP contribution >= 0.6 is 0 Å². The number of amides is 3. The molecule has 0 aliphatic carbocycles. The Morgan fingerprint density at radius 2 is 1.72 bits per heavy atom. The Balaban J connectivity index is 1.48. The van der Waals surface area contributed by atoms with Crippen molar-refractivity contribution in [1.82, 2.24) is 9.21 Å². The van der Waals surface area contributed by atoms with Crippen molar-refractivity contribution in [2.75, 3.05) is 25.0 Å². The smallest absolute Gasteiger partial charge is 0.270 e. The number of hydrogen-bond acceptors (Lipinski definition) is 7. The normalized spacial score (nSPS) is 16.3. The van der Waals surface area contributed by atoms with Gasteiger partial charge in [-0.15, -0.1) is 0 Å². The Hall–Kier alpha value is -3.64. The number of anilines is 1. The number of nitrogens with one attached hydrogen (secondary N) is 1. The highest BCUT2D eigenvalue weighted by atomic mass is 32.2. The van der Waals surface area contributed by atoms with Crippen molar-refractivity contribution >= 4 is 39.1 Å². The lowest BCUT2D eigenvalue weighted by Crippen LogP contribution is -2.37. The lowest BCUT2D eigenvalue weighted by Gasteiger charge is -2.17. The second-order valence-electron chi connectivity index (χ2n) is 7.37. The maximum atomic E-state index is 12.7. The number of sulfonamides is 1. The summed E-state index contributed by atoms with van der Waals surface area (Å²) in [5, 5.41) is 13.4. The van der Waals surface area contributed by atoms with Gasteiger partial charge in [-0.3, -0.25) is 29.4 Å². The molecule has 2 aromatic rings. The predicted octanol–water partition coefficient (Wildman–Crippen LogP) is 1.61. The largest absolute Gasteiger partial charge is 0.324 e. The number of non-ortho nitro benzene ring substituents is 1. The topological polar surface area (TPSA) is 147 Å². The van der Waals surface area contributed by atoms with E-state index in [2.05, 4.69) is 5.32 Å². The lowest BCUT2D eigenvalue weighted by atomic mass is 10.1. The average molecular weight is 458 g/mol. The highest BCUT2D eigenvalue weighted by Gasteiger charge is 2.38. The van der Waals surface area contributed by atoms with Crippen LogP contribution in [0, 0.1) is 10.1 Å². The fraction of sp³-hybridized carbons (Fsp3) is 0.250. The number of carbonyl (C=O) groups excluding carboxylic acids is 3. The quantitative estimate of drug-likeness (QED) is 0.393. The molecular formula is C20H18N4O7S. The molecule has 12 heteroatoms. The van der Waals surface area contributed by atoms with Crippen LogP contribution in [0.4, 0.5) is 11.4 Å². The molecule has 2 aliphatic rings. The van der Waals surface area contributed by atoms with Crippen molar-refractivity contribution in [3.63, 3.8) is 0 Å². The number of imide groups is 1. The molecule has 1 N–H and O–H groups in total. The number of nitrogens with zero attached hydrogens (tertiary/aromatic N) is 3. The zero-order valence-corrected chi connectivity index (χ0v) is 17.5. The zero-order chi connectivity index (χ0) is 23.0. The van der Waals surface area contributed by atoms with Gasteiger partial charge in [0.05, 0.1) is 20.9 Å². The number of nitro benzene ring substituents is 1. The number of rotatable bonds is 6. The van der Waals surface area contributed by atoms with Crippen LogP contribution in [0.3, 0.4) is 0 Å². The van der Waals surface area contributed by atoms with Crippen LogP contribution in [-0.4, -0.2) is 59.9 Å². The molecular weight excluding hydrogens is 440 g/mol. The van der Waals surface area contributed by atoms with Crippen LogP contribution < -0.4 is 5.32 Å². The average Bonchev–Trinajstić information content (AvgIpc) is 3.38. The van der Waals surface area contributed by atoms with Crippen LogP contribution in [0.2, 0.25) is 0 Å². The molecule has 32 heavy (non-hydrogen) atoms. The van der Waals surface area contributed by atoms with E-state index in [1.165, 1.54) is 34.6 Å². The molecule has 0 saturated carbocycles. The van der Waals surface area contributed by atoms with Crippen molar-refractivity contribution in [1.29, 1.82) is 0 Å². The molecule has 0 spiro atoms. The molecule has 3 amide bonds. The van der Waals surface area contributed by atoms with Crippen molar-refractivity contribution in [3.8, 4) is 0 Å². The van der Waals surface area contributed by atoms with Crippen molar-refractivity contribution in [2.24, 2.45) is 0 Å². The third-order valence-electron chi connectivity index (χ3n) is 5.29. The third-order valence-corrected chi connectivity index (χ3v) is 7.18. The van der Waals surface area contributed by atoms with Gasteiger partial charge in [-0.1, -0.05) is 6.07 Å². The first-order valence-electron chi connectivity index (χ1n) is 9.73. The molecule has 0 bridgehead atoms. The predicted molar refractivity (Wildman–Crippen MR) is 112 cm³/mol. The minimum Gasteiger partial charge on any atom is -0.324 e. The molecule has 1 saturated heterocycles. The molecule has 1 fully saturated rings. The van der Waals surface area contributed by atoms with E-state index in [4.69, 9.17) is 0 Å². The number of carbonyl (C=O) groups is 3. The van der Waals surface area contributed by atoms with E-state index >= 15 is 0 Å². The van der Waals surface area contributed by atoms with Crippen LogP contribution in [0.25, 0.3) is 0 Å². The SMILES string of the molecule is O=C(CN1C(=O)c2ccc([N+](=O)[O-])cc2C1=O)Nc1cccc(S(=O)(=O)N2CCCC2)c1. The van der Waals surface area contributed by atoms with Crippen molar-refractivity contribution in [2.45, 2.75) is 17.7 Å². The van der Waals surface area contributed by atoms with E-state index in [-0.39, 0.29) is 27.4 Å². The fourth-order valence-electron chi connectivity index (χ4n) is 3.69. The Bertz CT molecular complexity index is 1250. The Labute approximate surface area is 182 Å². The lowest BCUT2D eigenvalue weighted by molar-refractivity contribution is -0.384. The van der Waals surface area contributed by atoms with E-state index < -0.39 is 39.2 Å². The summed E-state index contributed by atoms with van der Waals surface area (Å²) in [4.78, 5) is 48.4. The minimum absolute atomic E-state index is 0.0212. The Morgan fingerprint density at radius 3 is 2.41 bits per heavy atom. The van der Waals surface area contributed by atoms with Gasteiger partial charge in [0.2, 0.25) is 15.9 Å². The molecule has 166 valence electrons. The van der Waals surface area contributed by atoms with Gasteiger partial charge >= 0.3 is 0 Å². The number of nitro groups is 1. The maximum absolute atomic E-state index is 12.7. The molecule has 2 aromatic carbocycles. The van der Waals surface area contributed by atoms with Crippen LogP contribution in [0.5, 0.6) is 0 Å². The van der Waals surface area contributed by atoms with Gasteiger partial charge in [-0.25, -0.2) is 8.42 Å². The summed E-state index contributed by atoms with van der Waals surface area (Å²) in [7, 11) is -3.68. The van der Waals surface area contributed by atoms with Gasteiger partial charge in [-0.2, -0.15) is 4.31 Å². The van der Waals surface area contributed by atoms with Gasteiger partial charge < -0.3 is 5.32 Å². The molecule has 0 atom stereocenters. The summed E-state index contributed by atoms with van der Waals surface area (Å²) in [6.45, 7) is 0.261. The Morgan fingerprint density at radius 1 is 1.03 bits per heavy atom. The van der Waals surface area contributed by atoms with Gasteiger partial charge in [0.15, 0.2) is 0 Å². The summed E-state index contributed by atoms with van der Waals surface area (Å²) in [5.41, 5.74) is -0.308. The van der Waals surface area contributed by atoms with E-state index in [0.717, 1.165) is 25.0 Å². The molecule has 11 nitrogen and oxygen atoms in total. The van der Waals surface area contributed by atoms with Gasteiger partial charge in [-0.05, 0) is 37.1 Å². The molecule has 0 radical (unpaired) electrons. The first-order valence-corrected chi connectivity index (χ1v) is 11.2. The van der Waals surface area contributed by atoms with Gasteiger partial charge in [0.1, 0.15) is 6.54 Å². The standard InChI is InChI=1S/C20H18N4O7S/c25-18(12-23-19(26)16-7-6-14(24(28)29)11-17(16)20(23)27)21-13-4-3-5-15(10-13)32(30,31)22-8-1-2-9-22/h3-7,10-11H,1-2,8-9,12H2,(H,21,25). The number of fused-ring (bicyclic) bond motifs is 1. The van der Waals surface area contributed by atoms with Gasteiger partial charge in [0.25, 0.3) is 17.5 Å². The summed E-state index contributed by atoms with van der Waals surface area (Å²) in [5.74, 6) is -2.26. The summed E-state index contributed by atoms with van der Waals surface area (Å²) >= 11 is 0. The van der Waals surface area contributed by atoms with Crippen LogP contribution in [-0.2, 0) is 14.8 Å². The summed E-state index contributed by atoms with van der Waals surface area (Å²) < 4.78 is 26.8. The molecule has 0 unspecified atom stereocenters. The second-order valence-corrected chi connectivity index (χ2v) is 9.31. The van der Waals surface area contributed by atoms with E-state index in [1.54, 1.807) is 0 Å². The van der Waals surface area contributed by atoms with Crippen molar-refractivity contribution < 1.29 is 27.7 Å². The summed E-state index contributed by atoms with van der Waals surface area (Å²) in [6.07, 6.45) is 1.58. The number of hydrogen-bond donors (Lipinski definition) is 1. The summed E-state index contributed by atoms with van der Waals surface area (Å²) in [6, 6.07) is 9.02. The molecule has 2 heterocycles. The highest BCUT2D eigenvalue weighted by molar-refractivity contribution is 7.89. The third kappa shape index (κ3) is 3.85. The maximum Gasteiger partial charge on any atom is 0.270 e. The first kappa shape index (κ1) is 21.6. The van der Waals surface area contributed by atoms with Crippen LogP contribution in [0.1, 0.15) is 33.6 Å². The number of benzene rings is 2. The Kier molecular flexibility index (Phi) is 5.48. The molecule has 0 aromatic heterocycles. The monoisotopic (exact) mass is 458 g/mol. The fourth-order valence-corrected chi connectivity index (χ4v) is 5.26. The van der Waals surface area contributed by atoms with Crippen LogP contribution in [0.15, 0.2) is 47.4 Å². The van der Waals surface area contributed by atoms with Gasteiger partial charge in [0, 0.05) is 30.9 Å². The van der Waals surface area contributed by atoms with E-state index in [0.29, 0.717) is 18.0 Å². The molecule has 4 rings (SSSR count). The second kappa shape index (κ2) is 8.13. The van der Waals surface area contributed by atoms with Crippen molar-refractivity contribution in [3.05, 3.63) is 63.7 Å².